The van der Waals surface area contributed by atoms with Crippen LogP contribution in [0, 0.1) is 5.41 Å². The van der Waals surface area contributed by atoms with Crippen LogP contribution in [0.15, 0.2) is 35.5 Å². The van der Waals surface area contributed by atoms with Gasteiger partial charge in [0.25, 0.3) is 0 Å². The molecule has 0 radical (unpaired) electrons. The van der Waals surface area contributed by atoms with Crippen molar-refractivity contribution < 1.29 is 14.6 Å². The third-order valence-electron chi connectivity index (χ3n) is 5.44. The Balaban J connectivity index is 1.79. The highest BCUT2D eigenvalue weighted by atomic mass is 16.5. The van der Waals surface area contributed by atoms with Gasteiger partial charge in [-0.15, -0.1) is 0 Å². The van der Waals surface area contributed by atoms with Gasteiger partial charge in [0, 0.05) is 30.7 Å². The molecule has 4 rings (SSSR count). The Labute approximate surface area is 170 Å². The van der Waals surface area contributed by atoms with Crippen molar-refractivity contribution in [2.75, 3.05) is 18.5 Å². The molecule has 29 heavy (non-hydrogen) atoms. The maximum absolute atomic E-state index is 13.2. The number of ether oxygens (including phenoxy) is 1. The van der Waals surface area contributed by atoms with Crippen LogP contribution in [0.25, 0.3) is 0 Å². The fourth-order valence-corrected chi connectivity index (χ4v) is 4.22. The summed E-state index contributed by atoms with van der Waals surface area (Å²) in [6.07, 6.45) is 2.51. The second kappa shape index (κ2) is 7.63. The lowest BCUT2D eigenvalue weighted by Gasteiger charge is -2.38. The van der Waals surface area contributed by atoms with Gasteiger partial charge in [-0.1, -0.05) is 26.0 Å². The molecule has 2 aromatic rings. The van der Waals surface area contributed by atoms with Crippen LogP contribution < -0.4 is 10.1 Å². The summed E-state index contributed by atoms with van der Waals surface area (Å²) in [6.45, 7) is 6.90. The lowest BCUT2D eigenvalue weighted by Crippen LogP contribution is -2.36. The van der Waals surface area contributed by atoms with Crippen molar-refractivity contribution in [2.24, 2.45) is 5.41 Å². The highest BCUT2D eigenvalue weighted by Crippen LogP contribution is 2.45. The second-order valence-electron chi connectivity index (χ2n) is 8.49. The molecule has 1 aromatic carbocycles. The molecule has 1 atom stereocenters. The van der Waals surface area contributed by atoms with Gasteiger partial charge in [-0.05, 0) is 42.9 Å². The van der Waals surface area contributed by atoms with E-state index in [1.165, 1.54) is 0 Å². The molecule has 0 saturated carbocycles. The quantitative estimate of drug-likeness (QED) is 0.779. The third kappa shape index (κ3) is 3.79. The minimum atomic E-state index is -0.309. The SMILES string of the molecule is CCOc1ccc(C2C3=C(CC(C)(C)CC3=O)Nc3nc(CCCO)nn32)cc1. The first kappa shape index (κ1) is 19.6. The molecule has 0 bridgehead atoms. The van der Waals surface area contributed by atoms with Crippen LogP contribution >= 0.6 is 0 Å². The van der Waals surface area contributed by atoms with Gasteiger partial charge in [0.1, 0.15) is 11.8 Å². The minimum absolute atomic E-state index is 0.0891. The van der Waals surface area contributed by atoms with Gasteiger partial charge < -0.3 is 15.2 Å². The van der Waals surface area contributed by atoms with Crippen LogP contribution in [-0.2, 0) is 11.2 Å². The van der Waals surface area contributed by atoms with Gasteiger partial charge in [-0.2, -0.15) is 10.1 Å². The van der Waals surface area contributed by atoms with E-state index >= 15 is 0 Å². The van der Waals surface area contributed by atoms with Gasteiger partial charge in [0.2, 0.25) is 5.95 Å². The summed E-state index contributed by atoms with van der Waals surface area (Å²) in [6, 6.07) is 7.55. The number of nitrogens with one attached hydrogen (secondary N) is 1. The molecule has 7 nitrogen and oxygen atoms in total. The van der Waals surface area contributed by atoms with Gasteiger partial charge in [0.05, 0.1) is 6.61 Å². The van der Waals surface area contributed by atoms with Gasteiger partial charge in [-0.25, -0.2) is 4.68 Å². The molecule has 7 heteroatoms. The average Bonchev–Trinajstić information content (AvgIpc) is 3.07. The van der Waals surface area contributed by atoms with Crippen LogP contribution in [0.4, 0.5) is 5.95 Å². The van der Waals surface area contributed by atoms with E-state index in [2.05, 4.69) is 29.2 Å². The molecule has 154 valence electrons. The number of carbonyl (C=O) groups is 1. The lowest BCUT2D eigenvalue weighted by molar-refractivity contribution is -0.118. The number of fused-ring (bicyclic) bond motifs is 1. The summed E-state index contributed by atoms with van der Waals surface area (Å²) in [5, 5.41) is 17.2. The number of aromatic nitrogens is 3. The monoisotopic (exact) mass is 396 g/mol. The van der Waals surface area contributed by atoms with E-state index in [-0.39, 0.29) is 23.8 Å². The zero-order valence-corrected chi connectivity index (χ0v) is 17.2. The van der Waals surface area contributed by atoms with Crippen LogP contribution in [0.3, 0.4) is 0 Å². The molecule has 2 heterocycles. The molecular formula is C22H28N4O3. The molecule has 0 spiro atoms. The number of benzene rings is 1. The summed E-state index contributed by atoms with van der Waals surface area (Å²) in [4.78, 5) is 17.8. The zero-order valence-electron chi connectivity index (χ0n) is 17.2. The normalized spacial score (nSPS) is 20.1. The molecule has 0 saturated heterocycles. The van der Waals surface area contributed by atoms with E-state index in [9.17, 15) is 4.79 Å². The molecular weight excluding hydrogens is 368 g/mol. The number of allylic oxidation sites excluding steroid dienone is 2. The van der Waals surface area contributed by atoms with E-state index in [4.69, 9.17) is 9.84 Å². The largest absolute Gasteiger partial charge is 0.494 e. The Hall–Kier alpha value is -2.67. The number of nitrogens with zero attached hydrogens (tertiary/aromatic N) is 3. The summed E-state index contributed by atoms with van der Waals surface area (Å²) >= 11 is 0. The highest BCUT2D eigenvalue weighted by Gasteiger charge is 2.41. The maximum Gasteiger partial charge on any atom is 0.226 e. The number of ketones is 1. The van der Waals surface area contributed by atoms with Gasteiger partial charge in [-0.3, -0.25) is 4.79 Å². The molecule has 1 aliphatic carbocycles. The Morgan fingerprint density at radius 2 is 2.03 bits per heavy atom. The molecule has 1 aromatic heterocycles. The number of anilines is 1. The lowest BCUT2D eigenvalue weighted by atomic mass is 9.73. The molecule has 2 N–H and O–H groups in total. The fraction of sp³-hybridized carbons (Fsp3) is 0.500. The van der Waals surface area contributed by atoms with Crippen molar-refractivity contribution in [1.82, 2.24) is 14.8 Å². The molecule has 1 aliphatic heterocycles. The summed E-state index contributed by atoms with van der Waals surface area (Å²) < 4.78 is 7.39. The van der Waals surface area contributed by atoms with Crippen molar-refractivity contribution in [1.29, 1.82) is 0 Å². The summed E-state index contributed by atoms with van der Waals surface area (Å²) in [5.41, 5.74) is 2.61. The van der Waals surface area contributed by atoms with E-state index in [1.807, 2.05) is 35.9 Å². The molecule has 1 unspecified atom stereocenters. The Morgan fingerprint density at radius 1 is 1.28 bits per heavy atom. The van der Waals surface area contributed by atoms with Gasteiger partial charge in [0.15, 0.2) is 11.6 Å². The Kier molecular flexibility index (Phi) is 5.17. The first-order valence-electron chi connectivity index (χ1n) is 10.2. The van der Waals surface area contributed by atoms with E-state index in [0.717, 1.165) is 29.0 Å². The number of Topliss-reactive ketones (excluding diaryl/α,β-unsaturated/α-hetero) is 1. The fourth-order valence-electron chi connectivity index (χ4n) is 4.22. The van der Waals surface area contributed by atoms with Crippen LogP contribution in [-0.4, -0.2) is 38.9 Å². The first-order chi connectivity index (χ1) is 13.9. The third-order valence-corrected chi connectivity index (χ3v) is 5.44. The topological polar surface area (TPSA) is 89.3 Å². The van der Waals surface area contributed by atoms with Crippen LogP contribution in [0.2, 0.25) is 0 Å². The first-order valence-corrected chi connectivity index (χ1v) is 10.2. The van der Waals surface area contributed by atoms with E-state index in [1.54, 1.807) is 0 Å². The van der Waals surface area contributed by atoms with E-state index in [0.29, 0.717) is 37.6 Å². The minimum Gasteiger partial charge on any atom is -0.494 e. The number of rotatable bonds is 6. The Morgan fingerprint density at radius 3 is 2.72 bits per heavy atom. The number of hydrogen-bond donors (Lipinski definition) is 2. The van der Waals surface area contributed by atoms with Crippen LogP contribution in [0.1, 0.15) is 57.5 Å². The van der Waals surface area contributed by atoms with Crippen molar-refractivity contribution in [3.63, 3.8) is 0 Å². The smallest absolute Gasteiger partial charge is 0.226 e. The molecule has 0 amide bonds. The van der Waals surface area contributed by atoms with Gasteiger partial charge >= 0.3 is 0 Å². The highest BCUT2D eigenvalue weighted by molar-refractivity contribution is 6.00. The van der Waals surface area contributed by atoms with Crippen molar-refractivity contribution in [2.45, 2.75) is 52.5 Å². The average molecular weight is 396 g/mol. The Bertz CT molecular complexity index is 943. The summed E-state index contributed by atoms with van der Waals surface area (Å²) in [5.74, 6) is 2.28. The number of hydrogen-bond acceptors (Lipinski definition) is 6. The number of carbonyl (C=O) groups excluding carboxylic acids is 1. The number of aliphatic hydroxyl groups is 1. The zero-order chi connectivity index (χ0) is 20.6. The summed E-state index contributed by atoms with van der Waals surface area (Å²) in [7, 11) is 0. The predicted octanol–water partition coefficient (Wildman–Crippen LogP) is 3.26. The van der Waals surface area contributed by atoms with Crippen LogP contribution in [0.5, 0.6) is 5.75 Å². The number of aryl methyl sites for hydroxylation is 1. The maximum atomic E-state index is 13.2. The molecule has 0 fully saturated rings. The van der Waals surface area contributed by atoms with E-state index < -0.39 is 0 Å². The standard InChI is InChI=1S/C22H28N4O3/c1-4-29-15-9-7-14(8-10-15)20-19-16(12-22(2,3)13-17(19)28)23-21-24-18(6-5-11-27)25-26(20)21/h7-10,20,27H,4-6,11-13H2,1-3H3,(H,23,24,25). The predicted molar refractivity (Wildman–Crippen MR) is 110 cm³/mol. The van der Waals surface area contributed by atoms with Crippen molar-refractivity contribution in [3.8, 4) is 5.75 Å². The molecule has 2 aliphatic rings. The second-order valence-corrected chi connectivity index (χ2v) is 8.49. The van der Waals surface area contributed by atoms with Crippen molar-refractivity contribution >= 4 is 11.7 Å². The van der Waals surface area contributed by atoms with Crippen molar-refractivity contribution in [3.05, 3.63) is 46.9 Å². The number of aliphatic hydroxyl groups excluding tert-OH is 1.